The second kappa shape index (κ2) is 4.79. The lowest BCUT2D eigenvalue weighted by molar-refractivity contribution is -0.146. The van der Waals surface area contributed by atoms with Gasteiger partial charge in [-0.1, -0.05) is 36.4 Å². The molecule has 1 fully saturated rings. The third-order valence-electron chi connectivity index (χ3n) is 2.31. The van der Waals surface area contributed by atoms with E-state index in [4.69, 9.17) is 0 Å². The maximum absolute atomic E-state index is 11.6. The summed E-state index contributed by atoms with van der Waals surface area (Å²) in [6.45, 7) is 8.01. The molecular formula is C10H15BrN2O2. The molecule has 84 valence electrons. The van der Waals surface area contributed by atoms with Gasteiger partial charge in [0.15, 0.2) is 0 Å². The molecule has 0 aromatic rings. The third kappa shape index (κ3) is 2.81. The Morgan fingerprint density at radius 1 is 1.67 bits per heavy atom. The van der Waals surface area contributed by atoms with E-state index in [1.165, 1.54) is 0 Å². The molecule has 0 bridgehead atoms. The van der Waals surface area contributed by atoms with E-state index < -0.39 is 0 Å². The minimum atomic E-state index is -0.388. The number of nitrogens with zero attached hydrogens (tertiary/aromatic N) is 1. The van der Waals surface area contributed by atoms with Gasteiger partial charge in [-0.25, -0.2) is 0 Å². The minimum absolute atomic E-state index is 0.0612. The van der Waals surface area contributed by atoms with Gasteiger partial charge < -0.3 is 10.2 Å². The first-order valence-corrected chi connectivity index (χ1v) is 5.63. The number of rotatable bonds is 3. The standard InChI is InChI=1S/C10H15BrN2O2/c1-6(2)9-10(15)12-4-8(14)13(9)5-7(3)11/h6,9H,3-5H2,1-2H3,(H,12,15). The highest BCUT2D eigenvalue weighted by atomic mass is 79.9. The van der Waals surface area contributed by atoms with Gasteiger partial charge in [-0.05, 0) is 5.92 Å². The summed E-state index contributed by atoms with van der Waals surface area (Å²) in [5.74, 6) is -0.0478. The zero-order chi connectivity index (χ0) is 11.6. The third-order valence-corrected chi connectivity index (χ3v) is 2.56. The summed E-state index contributed by atoms with van der Waals surface area (Å²) in [6, 6.07) is -0.388. The highest BCUT2D eigenvalue weighted by molar-refractivity contribution is 9.11. The number of piperazine rings is 1. The maximum Gasteiger partial charge on any atom is 0.243 e. The van der Waals surface area contributed by atoms with Gasteiger partial charge in [0.05, 0.1) is 13.1 Å². The molecule has 1 aliphatic rings. The van der Waals surface area contributed by atoms with Crippen molar-refractivity contribution in [2.45, 2.75) is 19.9 Å². The van der Waals surface area contributed by atoms with Crippen LogP contribution in [0, 0.1) is 5.92 Å². The quantitative estimate of drug-likeness (QED) is 0.831. The van der Waals surface area contributed by atoms with Crippen molar-refractivity contribution in [2.24, 2.45) is 5.92 Å². The fourth-order valence-electron chi connectivity index (χ4n) is 1.70. The number of hydrogen-bond donors (Lipinski definition) is 1. The number of hydrogen-bond acceptors (Lipinski definition) is 2. The van der Waals surface area contributed by atoms with Gasteiger partial charge >= 0.3 is 0 Å². The molecule has 0 radical (unpaired) electrons. The lowest BCUT2D eigenvalue weighted by Crippen LogP contribution is -2.60. The summed E-state index contributed by atoms with van der Waals surface area (Å²) < 4.78 is 0.705. The Labute approximate surface area is 97.8 Å². The molecule has 2 amide bonds. The molecule has 1 heterocycles. The molecule has 1 saturated heterocycles. The summed E-state index contributed by atoms with van der Waals surface area (Å²) in [4.78, 5) is 24.8. The summed E-state index contributed by atoms with van der Waals surface area (Å²) in [5, 5.41) is 2.59. The Kier molecular flexibility index (Phi) is 3.90. The van der Waals surface area contributed by atoms with Gasteiger partial charge in [0, 0.05) is 4.48 Å². The van der Waals surface area contributed by atoms with Gasteiger partial charge in [0.2, 0.25) is 11.8 Å². The van der Waals surface area contributed by atoms with Crippen LogP contribution in [0.2, 0.25) is 0 Å². The van der Waals surface area contributed by atoms with Gasteiger partial charge in [-0.15, -0.1) is 0 Å². The van der Waals surface area contributed by atoms with Crippen LogP contribution in [0.5, 0.6) is 0 Å². The van der Waals surface area contributed by atoms with E-state index in [1.807, 2.05) is 13.8 Å². The van der Waals surface area contributed by atoms with Crippen LogP contribution in [0.1, 0.15) is 13.8 Å². The number of carbonyl (C=O) groups is 2. The van der Waals surface area contributed by atoms with Crippen molar-refractivity contribution in [3.8, 4) is 0 Å². The summed E-state index contributed by atoms with van der Waals surface area (Å²) in [7, 11) is 0. The summed E-state index contributed by atoms with van der Waals surface area (Å²) >= 11 is 3.21. The van der Waals surface area contributed by atoms with Crippen molar-refractivity contribution >= 4 is 27.7 Å². The highest BCUT2D eigenvalue weighted by Gasteiger charge is 2.36. The van der Waals surface area contributed by atoms with E-state index >= 15 is 0 Å². The monoisotopic (exact) mass is 274 g/mol. The van der Waals surface area contributed by atoms with Crippen LogP contribution in [0.25, 0.3) is 0 Å². The van der Waals surface area contributed by atoms with E-state index in [0.717, 1.165) is 0 Å². The zero-order valence-electron chi connectivity index (χ0n) is 8.92. The average Bonchev–Trinajstić information content (AvgIpc) is 2.10. The second-order valence-corrected chi connectivity index (χ2v) is 5.07. The van der Waals surface area contributed by atoms with Gasteiger partial charge in [0.25, 0.3) is 0 Å². The minimum Gasteiger partial charge on any atom is -0.345 e. The molecule has 0 aromatic carbocycles. The van der Waals surface area contributed by atoms with Crippen molar-refractivity contribution < 1.29 is 9.59 Å². The lowest BCUT2D eigenvalue weighted by atomic mass is 9.99. The molecule has 0 spiro atoms. The Morgan fingerprint density at radius 3 is 2.73 bits per heavy atom. The molecule has 5 heteroatoms. The Morgan fingerprint density at radius 2 is 2.27 bits per heavy atom. The first kappa shape index (κ1) is 12.2. The topological polar surface area (TPSA) is 49.4 Å². The smallest absolute Gasteiger partial charge is 0.243 e. The largest absolute Gasteiger partial charge is 0.345 e. The predicted octanol–water partition coefficient (Wildman–Crippen LogP) is 0.878. The van der Waals surface area contributed by atoms with Gasteiger partial charge in [-0.3, -0.25) is 9.59 Å². The van der Waals surface area contributed by atoms with Crippen molar-refractivity contribution in [3.05, 3.63) is 11.1 Å². The maximum atomic E-state index is 11.6. The molecule has 15 heavy (non-hydrogen) atoms. The van der Waals surface area contributed by atoms with E-state index in [0.29, 0.717) is 11.0 Å². The van der Waals surface area contributed by atoms with E-state index in [1.54, 1.807) is 4.90 Å². The van der Waals surface area contributed by atoms with Crippen LogP contribution in [0.4, 0.5) is 0 Å². The van der Waals surface area contributed by atoms with Crippen LogP contribution in [0.15, 0.2) is 11.1 Å². The van der Waals surface area contributed by atoms with Crippen LogP contribution < -0.4 is 5.32 Å². The molecule has 1 atom stereocenters. The summed E-state index contributed by atoms with van der Waals surface area (Å²) in [5.41, 5.74) is 0. The normalized spacial score (nSPS) is 21.9. The van der Waals surface area contributed by atoms with Crippen molar-refractivity contribution in [1.29, 1.82) is 0 Å². The SMILES string of the molecule is C=C(Br)CN1C(=O)CNC(=O)C1C(C)C. The van der Waals surface area contributed by atoms with E-state index in [-0.39, 0.29) is 30.3 Å². The average molecular weight is 275 g/mol. The number of nitrogens with one attached hydrogen (secondary N) is 1. The molecule has 0 aliphatic carbocycles. The number of amides is 2. The molecule has 1 unspecified atom stereocenters. The Bertz CT molecular complexity index is 302. The predicted molar refractivity (Wildman–Crippen MR) is 61.4 cm³/mol. The number of halogens is 1. The molecule has 0 aromatic heterocycles. The first-order valence-electron chi connectivity index (χ1n) is 4.84. The van der Waals surface area contributed by atoms with E-state index in [2.05, 4.69) is 27.8 Å². The summed E-state index contributed by atoms with van der Waals surface area (Å²) in [6.07, 6.45) is 0. The highest BCUT2D eigenvalue weighted by Crippen LogP contribution is 2.17. The van der Waals surface area contributed by atoms with Crippen LogP contribution in [-0.4, -0.2) is 35.8 Å². The fourth-order valence-corrected chi connectivity index (χ4v) is 1.97. The lowest BCUT2D eigenvalue weighted by Gasteiger charge is -2.37. The first-order chi connectivity index (χ1) is 6.93. The van der Waals surface area contributed by atoms with Crippen molar-refractivity contribution in [2.75, 3.05) is 13.1 Å². The Hall–Kier alpha value is -0.840. The molecule has 0 saturated carbocycles. The van der Waals surface area contributed by atoms with Crippen molar-refractivity contribution in [1.82, 2.24) is 10.2 Å². The second-order valence-electron chi connectivity index (χ2n) is 3.95. The molecule has 1 rings (SSSR count). The van der Waals surface area contributed by atoms with E-state index in [9.17, 15) is 9.59 Å². The van der Waals surface area contributed by atoms with Gasteiger partial charge in [0.1, 0.15) is 6.04 Å². The Balaban J connectivity index is 2.87. The van der Waals surface area contributed by atoms with Crippen LogP contribution in [-0.2, 0) is 9.59 Å². The van der Waals surface area contributed by atoms with Crippen LogP contribution in [0.3, 0.4) is 0 Å². The number of carbonyl (C=O) groups excluding carboxylic acids is 2. The fraction of sp³-hybridized carbons (Fsp3) is 0.600. The van der Waals surface area contributed by atoms with Crippen LogP contribution >= 0.6 is 15.9 Å². The van der Waals surface area contributed by atoms with Crippen molar-refractivity contribution in [3.63, 3.8) is 0 Å². The molecule has 4 nitrogen and oxygen atoms in total. The van der Waals surface area contributed by atoms with Gasteiger partial charge in [-0.2, -0.15) is 0 Å². The molecule has 1 aliphatic heterocycles. The zero-order valence-corrected chi connectivity index (χ0v) is 10.5. The molecule has 1 N–H and O–H groups in total. The molecular weight excluding hydrogens is 260 g/mol.